The van der Waals surface area contributed by atoms with Crippen LogP contribution in [0.4, 0.5) is 10.1 Å². The maximum atomic E-state index is 13.4. The molecular formula is C23H18FN3O3. The van der Waals surface area contributed by atoms with Gasteiger partial charge in [-0.1, -0.05) is 48.5 Å². The summed E-state index contributed by atoms with van der Waals surface area (Å²) in [6.07, 6.45) is 0. The molecule has 4 rings (SSSR count). The molecule has 0 saturated carbocycles. The largest absolute Gasteiger partial charge is 0.459 e. The monoisotopic (exact) mass is 403 g/mol. The smallest absolute Gasteiger partial charge is 0.341 e. The predicted octanol–water partition coefficient (Wildman–Crippen LogP) is 3.00. The second-order valence-electron chi connectivity index (χ2n) is 6.71. The average molecular weight is 403 g/mol. The third kappa shape index (κ3) is 3.83. The normalized spacial score (nSPS) is 15.8. The van der Waals surface area contributed by atoms with Crippen molar-refractivity contribution < 1.29 is 18.7 Å². The lowest BCUT2D eigenvalue weighted by molar-refractivity contribution is -0.149. The first-order valence-corrected chi connectivity index (χ1v) is 9.27. The molecule has 0 saturated heterocycles. The third-order valence-electron chi connectivity index (χ3n) is 4.71. The Morgan fingerprint density at radius 3 is 2.40 bits per heavy atom. The van der Waals surface area contributed by atoms with Crippen LogP contribution in [0.5, 0.6) is 0 Å². The summed E-state index contributed by atoms with van der Waals surface area (Å²) < 4.78 is 18.8. The number of para-hydroxylation sites is 1. The van der Waals surface area contributed by atoms with E-state index in [1.54, 1.807) is 36.4 Å². The lowest BCUT2D eigenvalue weighted by Crippen LogP contribution is -2.46. The third-order valence-corrected chi connectivity index (χ3v) is 4.71. The van der Waals surface area contributed by atoms with Gasteiger partial charge in [0.15, 0.2) is 0 Å². The van der Waals surface area contributed by atoms with Crippen molar-refractivity contribution in [2.45, 2.75) is 12.6 Å². The van der Waals surface area contributed by atoms with Crippen molar-refractivity contribution in [3.8, 4) is 0 Å². The number of hydrogen-bond acceptors (Lipinski definition) is 5. The SMILES string of the molecule is NN1C(=O)C(C(=O)OCc2ccccc2)N=C(c2ccc(F)cc2)c2ccccc21. The molecule has 7 heteroatoms. The number of amides is 1. The van der Waals surface area contributed by atoms with Crippen molar-refractivity contribution in [2.24, 2.45) is 10.8 Å². The number of hydrazine groups is 1. The number of nitrogens with two attached hydrogens (primary N) is 1. The number of hydrogen-bond donors (Lipinski definition) is 1. The molecule has 0 bridgehead atoms. The second kappa shape index (κ2) is 8.26. The fourth-order valence-electron chi connectivity index (χ4n) is 3.19. The van der Waals surface area contributed by atoms with Crippen molar-refractivity contribution in [1.82, 2.24) is 0 Å². The van der Waals surface area contributed by atoms with Gasteiger partial charge in [-0.15, -0.1) is 0 Å². The molecule has 1 amide bonds. The Morgan fingerprint density at radius 2 is 1.67 bits per heavy atom. The first-order chi connectivity index (χ1) is 14.5. The van der Waals surface area contributed by atoms with Crippen LogP contribution in [-0.2, 0) is 20.9 Å². The van der Waals surface area contributed by atoms with Crippen LogP contribution in [-0.4, -0.2) is 23.6 Å². The molecule has 1 aliphatic heterocycles. The summed E-state index contributed by atoms with van der Waals surface area (Å²) in [5.74, 6) is 4.10. The van der Waals surface area contributed by atoms with Crippen molar-refractivity contribution in [3.05, 3.63) is 101 Å². The van der Waals surface area contributed by atoms with E-state index in [4.69, 9.17) is 10.6 Å². The van der Waals surface area contributed by atoms with Gasteiger partial charge in [-0.2, -0.15) is 0 Å². The van der Waals surface area contributed by atoms with Crippen LogP contribution >= 0.6 is 0 Å². The van der Waals surface area contributed by atoms with Gasteiger partial charge in [-0.3, -0.25) is 9.79 Å². The number of anilines is 1. The van der Waals surface area contributed by atoms with Crippen molar-refractivity contribution in [3.63, 3.8) is 0 Å². The minimum absolute atomic E-state index is 0.00236. The van der Waals surface area contributed by atoms with Gasteiger partial charge in [0.1, 0.15) is 12.4 Å². The summed E-state index contributed by atoms with van der Waals surface area (Å²) in [5.41, 5.74) is 2.63. The van der Waals surface area contributed by atoms with E-state index >= 15 is 0 Å². The molecule has 0 aliphatic carbocycles. The summed E-state index contributed by atoms with van der Waals surface area (Å²) >= 11 is 0. The fourth-order valence-corrected chi connectivity index (χ4v) is 3.19. The molecule has 0 fully saturated rings. The topological polar surface area (TPSA) is 85.0 Å². The average Bonchev–Trinajstić information content (AvgIpc) is 2.89. The number of nitrogens with zero attached hydrogens (tertiary/aromatic N) is 2. The lowest BCUT2D eigenvalue weighted by atomic mass is 10.0. The Balaban J connectivity index is 1.73. The number of aliphatic imine (C=N–C) groups is 1. The highest BCUT2D eigenvalue weighted by Gasteiger charge is 2.36. The van der Waals surface area contributed by atoms with Gasteiger partial charge < -0.3 is 4.74 Å². The first-order valence-electron chi connectivity index (χ1n) is 9.27. The molecule has 2 N–H and O–H groups in total. The number of fused-ring (bicyclic) bond motifs is 1. The minimum Gasteiger partial charge on any atom is -0.459 e. The highest BCUT2D eigenvalue weighted by molar-refractivity contribution is 6.22. The molecule has 0 spiro atoms. The maximum absolute atomic E-state index is 13.4. The maximum Gasteiger partial charge on any atom is 0.341 e. The van der Waals surface area contributed by atoms with Crippen LogP contribution < -0.4 is 10.9 Å². The van der Waals surface area contributed by atoms with Crippen molar-refractivity contribution in [1.29, 1.82) is 0 Å². The van der Waals surface area contributed by atoms with E-state index in [1.165, 1.54) is 24.3 Å². The van der Waals surface area contributed by atoms with Gasteiger partial charge in [0, 0.05) is 11.1 Å². The van der Waals surface area contributed by atoms with Crippen molar-refractivity contribution >= 4 is 23.3 Å². The Labute approximate surface area is 172 Å². The quantitative estimate of drug-likeness (QED) is 0.314. The summed E-state index contributed by atoms with van der Waals surface area (Å²) in [7, 11) is 0. The van der Waals surface area contributed by atoms with E-state index in [0.29, 0.717) is 22.5 Å². The van der Waals surface area contributed by atoms with Crippen LogP contribution in [0.1, 0.15) is 16.7 Å². The van der Waals surface area contributed by atoms with E-state index in [-0.39, 0.29) is 6.61 Å². The molecule has 30 heavy (non-hydrogen) atoms. The number of ether oxygens (including phenoxy) is 1. The van der Waals surface area contributed by atoms with Gasteiger partial charge in [0.25, 0.3) is 5.91 Å². The molecule has 150 valence electrons. The molecule has 0 radical (unpaired) electrons. The van der Waals surface area contributed by atoms with Gasteiger partial charge >= 0.3 is 5.97 Å². The van der Waals surface area contributed by atoms with Crippen molar-refractivity contribution in [2.75, 3.05) is 5.01 Å². The van der Waals surface area contributed by atoms with Crippen LogP contribution in [0.3, 0.4) is 0 Å². The number of benzene rings is 3. The molecule has 1 aliphatic rings. The van der Waals surface area contributed by atoms with E-state index in [2.05, 4.69) is 4.99 Å². The van der Waals surface area contributed by atoms with E-state index in [9.17, 15) is 14.0 Å². The van der Waals surface area contributed by atoms with Crippen LogP contribution in [0, 0.1) is 5.82 Å². The van der Waals surface area contributed by atoms with Gasteiger partial charge in [-0.25, -0.2) is 20.0 Å². The zero-order valence-corrected chi connectivity index (χ0v) is 15.9. The molecule has 3 aromatic rings. The molecular weight excluding hydrogens is 385 g/mol. The minimum atomic E-state index is -1.48. The molecule has 1 atom stereocenters. The predicted molar refractivity (Wildman–Crippen MR) is 110 cm³/mol. The van der Waals surface area contributed by atoms with Gasteiger partial charge in [0.05, 0.1) is 11.4 Å². The Kier molecular flexibility index (Phi) is 5.36. The summed E-state index contributed by atoms with van der Waals surface area (Å²) in [6.45, 7) is 0.00236. The molecule has 1 heterocycles. The summed E-state index contributed by atoms with van der Waals surface area (Å²) in [5, 5.41) is 0.907. The zero-order chi connectivity index (χ0) is 21.1. The Hall–Kier alpha value is -3.84. The number of carbonyl (C=O) groups is 2. The van der Waals surface area contributed by atoms with Crippen LogP contribution in [0.25, 0.3) is 0 Å². The summed E-state index contributed by atoms with van der Waals surface area (Å²) in [4.78, 5) is 30.1. The number of benzodiazepines with no additional fused rings is 1. The van der Waals surface area contributed by atoms with Gasteiger partial charge in [0.2, 0.25) is 6.04 Å². The summed E-state index contributed by atoms with van der Waals surface area (Å²) in [6, 6.07) is 20.2. The number of halogens is 1. The zero-order valence-electron chi connectivity index (χ0n) is 15.9. The number of carbonyl (C=O) groups excluding carboxylic acids is 2. The standard InChI is InChI=1S/C23H18FN3O3/c24-17-12-10-16(11-13-17)20-18-8-4-5-9-19(18)27(25)22(28)21(26-20)23(29)30-14-15-6-2-1-3-7-15/h1-13,21H,14,25H2. The highest BCUT2D eigenvalue weighted by atomic mass is 19.1. The first kappa shape index (κ1) is 19.5. The lowest BCUT2D eigenvalue weighted by Gasteiger charge is -2.19. The molecule has 0 aromatic heterocycles. The molecule has 3 aromatic carbocycles. The molecule has 6 nitrogen and oxygen atoms in total. The highest BCUT2D eigenvalue weighted by Crippen LogP contribution is 2.27. The van der Waals surface area contributed by atoms with Gasteiger partial charge in [-0.05, 0) is 35.9 Å². The Bertz CT molecular complexity index is 1110. The van der Waals surface area contributed by atoms with Crippen LogP contribution in [0.15, 0.2) is 83.9 Å². The van der Waals surface area contributed by atoms with E-state index < -0.39 is 23.7 Å². The number of rotatable bonds is 4. The van der Waals surface area contributed by atoms with Crippen LogP contribution in [0.2, 0.25) is 0 Å². The van der Waals surface area contributed by atoms with E-state index in [1.807, 2.05) is 18.2 Å². The fraction of sp³-hybridized carbons (Fsp3) is 0.0870. The second-order valence-corrected chi connectivity index (χ2v) is 6.71. The molecule has 1 unspecified atom stereocenters. The van der Waals surface area contributed by atoms with E-state index in [0.717, 1.165) is 10.6 Å². The number of esters is 1. The Morgan fingerprint density at radius 1 is 1.00 bits per heavy atom.